The number of carbonyl (C=O) groups excluding carboxylic acids is 1. The average molecular weight is 258 g/mol. The zero-order valence-electron chi connectivity index (χ0n) is 10.9. The Balaban J connectivity index is 1.93. The van der Waals surface area contributed by atoms with E-state index in [1.165, 1.54) is 0 Å². The summed E-state index contributed by atoms with van der Waals surface area (Å²) in [6.45, 7) is 2.10. The monoisotopic (exact) mass is 258 g/mol. The first-order valence-corrected chi connectivity index (χ1v) is 6.36. The SMILES string of the molecule is CCCc1cc(NC(=O)Cc2cccc(N)c2)n[nH]1. The fourth-order valence-corrected chi connectivity index (χ4v) is 1.90. The minimum Gasteiger partial charge on any atom is -0.399 e. The van der Waals surface area contributed by atoms with Gasteiger partial charge >= 0.3 is 0 Å². The topological polar surface area (TPSA) is 83.8 Å². The molecule has 1 aromatic heterocycles. The Bertz CT molecular complexity index is 562. The highest BCUT2D eigenvalue weighted by molar-refractivity contribution is 5.91. The highest BCUT2D eigenvalue weighted by Crippen LogP contribution is 2.10. The van der Waals surface area contributed by atoms with Crippen LogP contribution in [0, 0.1) is 0 Å². The summed E-state index contributed by atoms with van der Waals surface area (Å²) >= 11 is 0. The molecule has 2 aromatic rings. The van der Waals surface area contributed by atoms with Crippen LogP contribution in [0.3, 0.4) is 0 Å². The van der Waals surface area contributed by atoms with Crippen molar-refractivity contribution in [2.24, 2.45) is 0 Å². The van der Waals surface area contributed by atoms with Crippen molar-refractivity contribution in [2.45, 2.75) is 26.2 Å². The van der Waals surface area contributed by atoms with Crippen LogP contribution in [0.1, 0.15) is 24.6 Å². The van der Waals surface area contributed by atoms with E-state index in [4.69, 9.17) is 5.73 Å². The van der Waals surface area contributed by atoms with Gasteiger partial charge in [-0.1, -0.05) is 25.5 Å². The summed E-state index contributed by atoms with van der Waals surface area (Å²) in [6.07, 6.45) is 2.26. The molecule has 0 radical (unpaired) electrons. The third-order valence-corrected chi connectivity index (χ3v) is 2.73. The number of carbonyl (C=O) groups is 1. The summed E-state index contributed by atoms with van der Waals surface area (Å²) in [7, 11) is 0. The maximum atomic E-state index is 11.9. The number of H-pyrrole nitrogens is 1. The van der Waals surface area contributed by atoms with E-state index < -0.39 is 0 Å². The van der Waals surface area contributed by atoms with Crippen molar-refractivity contribution in [3.05, 3.63) is 41.6 Å². The number of anilines is 2. The predicted octanol–water partition coefficient (Wildman–Crippen LogP) is 2.13. The van der Waals surface area contributed by atoms with Crippen molar-refractivity contribution in [1.29, 1.82) is 0 Å². The highest BCUT2D eigenvalue weighted by Gasteiger charge is 2.07. The summed E-state index contributed by atoms with van der Waals surface area (Å²) in [5, 5.41) is 9.72. The van der Waals surface area contributed by atoms with E-state index in [1.807, 2.05) is 18.2 Å². The molecule has 5 heteroatoms. The van der Waals surface area contributed by atoms with Gasteiger partial charge in [-0.2, -0.15) is 5.10 Å². The zero-order valence-corrected chi connectivity index (χ0v) is 10.9. The Morgan fingerprint density at radius 1 is 1.42 bits per heavy atom. The number of aromatic amines is 1. The average Bonchev–Trinajstić information content (AvgIpc) is 2.77. The molecule has 1 heterocycles. The molecule has 5 nitrogen and oxygen atoms in total. The molecule has 0 unspecified atom stereocenters. The number of nitrogens with one attached hydrogen (secondary N) is 2. The zero-order chi connectivity index (χ0) is 13.7. The molecule has 100 valence electrons. The number of rotatable bonds is 5. The van der Waals surface area contributed by atoms with Gasteiger partial charge in [-0.05, 0) is 24.1 Å². The molecule has 2 rings (SSSR count). The maximum Gasteiger partial charge on any atom is 0.229 e. The lowest BCUT2D eigenvalue weighted by Gasteiger charge is -2.02. The molecular formula is C14H18N4O. The van der Waals surface area contributed by atoms with Crippen LogP contribution in [0.5, 0.6) is 0 Å². The van der Waals surface area contributed by atoms with Crippen LogP contribution in [0.25, 0.3) is 0 Å². The van der Waals surface area contributed by atoms with Crippen molar-refractivity contribution in [1.82, 2.24) is 10.2 Å². The van der Waals surface area contributed by atoms with Gasteiger partial charge in [0.1, 0.15) is 0 Å². The summed E-state index contributed by atoms with van der Waals surface area (Å²) < 4.78 is 0. The van der Waals surface area contributed by atoms with E-state index in [2.05, 4.69) is 22.4 Å². The van der Waals surface area contributed by atoms with Crippen LogP contribution in [0.15, 0.2) is 30.3 Å². The number of nitrogens with two attached hydrogens (primary N) is 1. The van der Waals surface area contributed by atoms with Gasteiger partial charge in [-0.25, -0.2) is 0 Å². The van der Waals surface area contributed by atoms with Crippen molar-refractivity contribution < 1.29 is 4.79 Å². The molecule has 1 aromatic carbocycles. The van der Waals surface area contributed by atoms with Gasteiger partial charge in [0.2, 0.25) is 5.91 Å². The second kappa shape index (κ2) is 6.04. The number of nitrogens with zero attached hydrogens (tertiary/aromatic N) is 1. The summed E-state index contributed by atoms with van der Waals surface area (Å²) in [6, 6.07) is 9.17. The van der Waals surface area contributed by atoms with Crippen molar-refractivity contribution >= 4 is 17.4 Å². The first-order valence-electron chi connectivity index (χ1n) is 6.36. The van der Waals surface area contributed by atoms with Gasteiger partial charge in [0, 0.05) is 17.4 Å². The van der Waals surface area contributed by atoms with Crippen molar-refractivity contribution in [3.8, 4) is 0 Å². The van der Waals surface area contributed by atoms with Crippen LogP contribution in [-0.4, -0.2) is 16.1 Å². The van der Waals surface area contributed by atoms with Crippen LogP contribution in [-0.2, 0) is 17.6 Å². The van der Waals surface area contributed by atoms with Gasteiger partial charge in [0.15, 0.2) is 5.82 Å². The number of aryl methyl sites for hydroxylation is 1. The van der Waals surface area contributed by atoms with Crippen molar-refractivity contribution in [3.63, 3.8) is 0 Å². The maximum absolute atomic E-state index is 11.9. The molecule has 0 spiro atoms. The molecule has 0 bridgehead atoms. The van der Waals surface area contributed by atoms with Crippen LogP contribution < -0.4 is 11.1 Å². The molecule has 19 heavy (non-hydrogen) atoms. The van der Waals surface area contributed by atoms with Gasteiger partial charge < -0.3 is 11.1 Å². The lowest BCUT2D eigenvalue weighted by molar-refractivity contribution is -0.115. The quantitative estimate of drug-likeness (QED) is 0.718. The van der Waals surface area contributed by atoms with Crippen LogP contribution in [0.2, 0.25) is 0 Å². The number of aromatic nitrogens is 2. The molecule has 4 N–H and O–H groups in total. The Kier molecular flexibility index (Phi) is 4.18. The minimum atomic E-state index is -0.0971. The predicted molar refractivity (Wildman–Crippen MR) is 75.8 cm³/mol. The molecule has 0 aliphatic heterocycles. The van der Waals surface area contributed by atoms with E-state index in [0.717, 1.165) is 24.1 Å². The third kappa shape index (κ3) is 3.84. The van der Waals surface area contributed by atoms with Crippen LogP contribution in [0.4, 0.5) is 11.5 Å². The Morgan fingerprint density at radius 3 is 3.00 bits per heavy atom. The van der Waals surface area contributed by atoms with E-state index >= 15 is 0 Å². The van der Waals surface area contributed by atoms with E-state index in [0.29, 0.717) is 17.9 Å². The van der Waals surface area contributed by atoms with Gasteiger partial charge in [-0.15, -0.1) is 0 Å². The Labute approximate surface area is 112 Å². The lowest BCUT2D eigenvalue weighted by atomic mass is 10.1. The van der Waals surface area contributed by atoms with Gasteiger partial charge in [0.25, 0.3) is 0 Å². The molecule has 1 amide bonds. The van der Waals surface area contributed by atoms with E-state index in [9.17, 15) is 4.79 Å². The number of hydrogen-bond acceptors (Lipinski definition) is 3. The van der Waals surface area contributed by atoms with Crippen molar-refractivity contribution in [2.75, 3.05) is 11.1 Å². The molecule has 0 aliphatic rings. The first kappa shape index (κ1) is 13.1. The number of nitrogen functional groups attached to an aromatic ring is 1. The number of hydrogen-bond donors (Lipinski definition) is 3. The fourth-order valence-electron chi connectivity index (χ4n) is 1.90. The smallest absolute Gasteiger partial charge is 0.229 e. The molecule has 0 saturated carbocycles. The number of benzene rings is 1. The largest absolute Gasteiger partial charge is 0.399 e. The molecule has 0 saturated heterocycles. The van der Waals surface area contributed by atoms with Gasteiger partial charge in [-0.3, -0.25) is 9.89 Å². The summed E-state index contributed by atoms with van der Waals surface area (Å²) in [4.78, 5) is 11.9. The normalized spacial score (nSPS) is 10.4. The van der Waals surface area contributed by atoms with E-state index in [-0.39, 0.29) is 5.91 Å². The Morgan fingerprint density at radius 2 is 2.26 bits per heavy atom. The fraction of sp³-hybridized carbons (Fsp3) is 0.286. The first-order chi connectivity index (χ1) is 9.17. The third-order valence-electron chi connectivity index (χ3n) is 2.73. The van der Waals surface area contributed by atoms with E-state index in [1.54, 1.807) is 12.1 Å². The highest BCUT2D eigenvalue weighted by atomic mass is 16.1. The second-order valence-electron chi connectivity index (χ2n) is 4.50. The second-order valence-corrected chi connectivity index (χ2v) is 4.50. The molecule has 0 fully saturated rings. The van der Waals surface area contributed by atoms with Crippen LogP contribution >= 0.6 is 0 Å². The molecule has 0 aliphatic carbocycles. The Hall–Kier alpha value is -2.30. The standard InChI is InChI=1S/C14H18N4O/c1-2-4-12-9-13(18-17-12)16-14(19)8-10-5-3-6-11(15)7-10/h3,5-7,9H,2,4,8,15H2,1H3,(H2,16,17,18,19). The summed E-state index contributed by atoms with van der Waals surface area (Å²) in [5.41, 5.74) is 8.26. The molecular weight excluding hydrogens is 240 g/mol. The molecule has 0 atom stereocenters. The lowest BCUT2D eigenvalue weighted by Crippen LogP contribution is -2.14. The van der Waals surface area contributed by atoms with Gasteiger partial charge in [0.05, 0.1) is 6.42 Å². The minimum absolute atomic E-state index is 0.0971. The number of amides is 1. The summed E-state index contributed by atoms with van der Waals surface area (Å²) in [5.74, 6) is 0.470.